The van der Waals surface area contributed by atoms with Crippen molar-refractivity contribution in [1.29, 1.82) is 0 Å². The molecule has 2 aliphatic heterocycles. The lowest BCUT2D eigenvalue weighted by molar-refractivity contribution is -0.128. The van der Waals surface area contributed by atoms with Crippen molar-refractivity contribution >= 4 is 6.47 Å². The molecule has 0 aliphatic carbocycles. The zero-order valence-corrected chi connectivity index (χ0v) is 8.80. The summed E-state index contributed by atoms with van der Waals surface area (Å²) in [6.07, 6.45) is 14.7. The van der Waals surface area contributed by atoms with Crippen LogP contribution in [0.5, 0.6) is 0 Å². The summed E-state index contributed by atoms with van der Waals surface area (Å²) in [6, 6.07) is 0. The smallest absolute Gasteiger partial charge is 0.293 e. The Kier molecular flexibility index (Phi) is 5.01. The van der Waals surface area contributed by atoms with Crippen molar-refractivity contribution in [2.24, 2.45) is 0 Å². The molecule has 3 heteroatoms. The van der Waals surface area contributed by atoms with E-state index in [0.29, 0.717) is 13.1 Å². The molecule has 80 valence electrons. The van der Waals surface area contributed by atoms with Crippen molar-refractivity contribution in [3.05, 3.63) is 48.4 Å². The van der Waals surface area contributed by atoms with Crippen LogP contribution in [0.2, 0.25) is 0 Å². The molecule has 0 atom stereocenters. The van der Waals surface area contributed by atoms with Crippen LogP contribution in [0, 0.1) is 0 Å². The summed E-state index contributed by atoms with van der Waals surface area (Å²) < 4.78 is 4.15. The third kappa shape index (κ3) is 3.85. The fraction of sp³-hybridized carbons (Fsp3) is 0.250. The second-order valence-electron chi connectivity index (χ2n) is 2.92. The molecule has 0 radical (unpaired) electrons. The van der Waals surface area contributed by atoms with Crippen molar-refractivity contribution in [1.82, 2.24) is 4.90 Å². The Morgan fingerprint density at radius 1 is 1.47 bits per heavy atom. The van der Waals surface area contributed by atoms with Gasteiger partial charge in [0, 0.05) is 18.4 Å². The summed E-state index contributed by atoms with van der Waals surface area (Å²) in [7, 11) is 0. The number of hydrogen-bond donors (Lipinski definition) is 0. The van der Waals surface area contributed by atoms with E-state index in [9.17, 15) is 4.79 Å². The molecule has 0 bridgehead atoms. The van der Waals surface area contributed by atoms with Crippen LogP contribution in [0.25, 0.3) is 0 Å². The number of ether oxygens (including phenoxy) is 1. The molecule has 2 heterocycles. The first-order valence-electron chi connectivity index (χ1n) is 4.92. The van der Waals surface area contributed by atoms with Crippen molar-refractivity contribution in [2.75, 3.05) is 13.2 Å². The van der Waals surface area contributed by atoms with Gasteiger partial charge in [0.1, 0.15) is 0 Å². The second kappa shape index (κ2) is 6.65. The van der Waals surface area contributed by atoms with Crippen molar-refractivity contribution < 1.29 is 9.53 Å². The monoisotopic (exact) mass is 205 g/mol. The van der Waals surface area contributed by atoms with E-state index in [0.717, 1.165) is 6.54 Å². The van der Waals surface area contributed by atoms with Gasteiger partial charge in [0.2, 0.25) is 0 Å². The highest BCUT2D eigenvalue weighted by atomic mass is 16.5. The van der Waals surface area contributed by atoms with E-state index in [1.54, 1.807) is 6.92 Å². The molecule has 0 aromatic carbocycles. The third-order valence-corrected chi connectivity index (χ3v) is 1.91. The highest BCUT2D eigenvalue weighted by Gasteiger charge is 2.06. The van der Waals surface area contributed by atoms with Gasteiger partial charge in [-0.05, 0) is 25.2 Å². The Balaban J connectivity index is 0.000000195. The maximum atomic E-state index is 9.18. The number of fused-ring (bicyclic) bond motifs is 1. The van der Waals surface area contributed by atoms with Gasteiger partial charge in [-0.15, -0.1) is 0 Å². The largest absolute Gasteiger partial charge is 0.468 e. The van der Waals surface area contributed by atoms with Gasteiger partial charge in [-0.25, -0.2) is 0 Å². The lowest BCUT2D eigenvalue weighted by atomic mass is 10.4. The summed E-state index contributed by atoms with van der Waals surface area (Å²) in [5.74, 6) is 0. The lowest BCUT2D eigenvalue weighted by Gasteiger charge is -2.11. The van der Waals surface area contributed by atoms with Gasteiger partial charge >= 0.3 is 0 Å². The highest BCUT2D eigenvalue weighted by molar-refractivity contribution is 5.36. The van der Waals surface area contributed by atoms with Crippen molar-refractivity contribution in [2.45, 2.75) is 6.92 Å². The normalized spacial score (nSPS) is 16.1. The van der Waals surface area contributed by atoms with Crippen LogP contribution in [0.4, 0.5) is 0 Å². The van der Waals surface area contributed by atoms with Crippen LogP contribution in [-0.2, 0) is 9.53 Å². The first-order chi connectivity index (χ1) is 7.38. The third-order valence-electron chi connectivity index (χ3n) is 1.91. The van der Waals surface area contributed by atoms with Crippen LogP contribution >= 0.6 is 0 Å². The van der Waals surface area contributed by atoms with Gasteiger partial charge in [0.25, 0.3) is 6.47 Å². The van der Waals surface area contributed by atoms with E-state index in [2.05, 4.69) is 46.2 Å². The molecule has 2 rings (SSSR count). The summed E-state index contributed by atoms with van der Waals surface area (Å²) in [5.41, 5.74) is 1.28. The predicted molar refractivity (Wildman–Crippen MR) is 59.9 cm³/mol. The highest BCUT2D eigenvalue weighted by Crippen LogP contribution is 2.15. The fourth-order valence-electron chi connectivity index (χ4n) is 1.23. The Morgan fingerprint density at radius 3 is 3.00 bits per heavy atom. The minimum absolute atomic E-state index is 0.431. The lowest BCUT2D eigenvalue weighted by Crippen LogP contribution is -2.08. The fourth-order valence-corrected chi connectivity index (χ4v) is 1.23. The molecule has 0 fully saturated rings. The Labute approximate surface area is 90.0 Å². The van der Waals surface area contributed by atoms with Gasteiger partial charge in [0.05, 0.1) is 6.61 Å². The average Bonchev–Trinajstić information content (AvgIpc) is 2.58. The Morgan fingerprint density at radius 2 is 2.33 bits per heavy atom. The molecule has 0 amide bonds. The average molecular weight is 205 g/mol. The molecular formula is C12H15NO2. The van der Waals surface area contributed by atoms with Gasteiger partial charge in [-0.2, -0.15) is 0 Å². The van der Waals surface area contributed by atoms with Gasteiger partial charge in [-0.1, -0.05) is 18.2 Å². The first-order valence-corrected chi connectivity index (χ1v) is 4.92. The van der Waals surface area contributed by atoms with Crippen molar-refractivity contribution in [3.63, 3.8) is 0 Å². The molecule has 0 N–H and O–H groups in total. The van der Waals surface area contributed by atoms with Gasteiger partial charge in [0.15, 0.2) is 0 Å². The van der Waals surface area contributed by atoms with E-state index in [-0.39, 0.29) is 0 Å². The number of nitrogens with zero attached hydrogens (tertiary/aromatic N) is 1. The zero-order chi connectivity index (χ0) is 10.9. The molecule has 0 aromatic rings. The van der Waals surface area contributed by atoms with Crippen LogP contribution in [0.3, 0.4) is 0 Å². The van der Waals surface area contributed by atoms with Gasteiger partial charge in [-0.3, -0.25) is 4.79 Å². The quantitative estimate of drug-likeness (QED) is 0.646. The van der Waals surface area contributed by atoms with Crippen LogP contribution in [-0.4, -0.2) is 24.5 Å². The van der Waals surface area contributed by atoms with E-state index < -0.39 is 0 Å². The second-order valence-corrected chi connectivity index (χ2v) is 2.92. The van der Waals surface area contributed by atoms with E-state index in [4.69, 9.17) is 0 Å². The molecule has 2 aliphatic rings. The molecule has 15 heavy (non-hydrogen) atoms. The molecule has 0 saturated carbocycles. The summed E-state index contributed by atoms with van der Waals surface area (Å²) in [6.45, 7) is 3.68. The first kappa shape index (κ1) is 11.3. The van der Waals surface area contributed by atoms with E-state index in [1.165, 1.54) is 5.70 Å². The van der Waals surface area contributed by atoms with E-state index in [1.807, 2.05) is 6.08 Å². The van der Waals surface area contributed by atoms with Gasteiger partial charge < -0.3 is 9.64 Å². The van der Waals surface area contributed by atoms with Crippen LogP contribution in [0.1, 0.15) is 6.92 Å². The van der Waals surface area contributed by atoms with E-state index >= 15 is 0 Å². The molecule has 0 unspecified atom stereocenters. The standard InChI is InChI=1S/C9H9N.C3H6O2/c1-2-5-9-6-4-8-10(9)7-3-1;1-2-5-3-4/h1-7H,8H2;3H,2H2,1H3. The number of carbonyl (C=O) groups excluding carboxylic acids is 1. The Bertz CT molecular complexity index is 314. The minimum Gasteiger partial charge on any atom is -0.468 e. The molecular weight excluding hydrogens is 190 g/mol. The summed E-state index contributed by atoms with van der Waals surface area (Å²) in [4.78, 5) is 11.4. The van der Waals surface area contributed by atoms with Crippen molar-refractivity contribution in [3.8, 4) is 0 Å². The molecule has 0 aromatic heterocycles. The minimum atomic E-state index is 0.431. The predicted octanol–water partition coefficient (Wildman–Crippen LogP) is 2.00. The number of rotatable bonds is 2. The maximum Gasteiger partial charge on any atom is 0.293 e. The topological polar surface area (TPSA) is 29.5 Å². The summed E-state index contributed by atoms with van der Waals surface area (Å²) >= 11 is 0. The molecule has 3 nitrogen and oxygen atoms in total. The Hall–Kier alpha value is -1.77. The summed E-state index contributed by atoms with van der Waals surface area (Å²) in [5, 5.41) is 0. The SMILES string of the molecule is C1=CC=C2C=CCN2C=C1.CCOC=O. The molecule has 0 saturated heterocycles. The number of carbonyl (C=O) groups is 1. The zero-order valence-electron chi connectivity index (χ0n) is 8.80. The van der Waals surface area contributed by atoms with Crippen LogP contribution in [0.15, 0.2) is 48.4 Å². The molecule has 0 spiro atoms. The maximum absolute atomic E-state index is 9.18. The van der Waals surface area contributed by atoms with Crippen LogP contribution < -0.4 is 0 Å². The number of hydrogen-bond acceptors (Lipinski definition) is 3. The number of allylic oxidation sites excluding steroid dienone is 5.